The molecule has 0 amide bonds. The number of thiol groups is 1. The average molecular weight is 118 g/mol. The molecule has 0 aromatic rings. The maximum Gasteiger partial charge on any atom is 0.241 e. The van der Waals surface area contributed by atoms with Crippen molar-refractivity contribution in [1.29, 1.82) is 0 Å². The van der Waals surface area contributed by atoms with E-state index in [0.717, 1.165) is 0 Å². The second kappa shape index (κ2) is 2.76. The van der Waals surface area contributed by atoms with Gasteiger partial charge in [0.1, 0.15) is 0 Å². The zero-order valence-corrected chi connectivity index (χ0v) is 4.89. The van der Waals surface area contributed by atoms with E-state index in [1.165, 1.54) is 4.92 Å². The van der Waals surface area contributed by atoms with Gasteiger partial charge in [0.15, 0.2) is 5.17 Å². The zero-order valence-electron chi connectivity index (χ0n) is 4.00. The van der Waals surface area contributed by atoms with Gasteiger partial charge in [0, 0.05) is 0 Å². The first-order valence-electron chi connectivity index (χ1n) is 1.63. The molecule has 0 rings (SSSR count). The number of nitrogens with zero attached hydrogens (tertiary/aromatic N) is 2. The molecular formula is CH7BN4S. The lowest BCUT2D eigenvalue weighted by atomic mass is 10.4. The van der Waals surface area contributed by atoms with Gasteiger partial charge in [0.2, 0.25) is 7.98 Å². The Morgan fingerprint density at radius 2 is 2.29 bits per heavy atom. The van der Waals surface area contributed by atoms with Crippen molar-refractivity contribution in [3.63, 3.8) is 0 Å². The molecule has 0 saturated heterocycles. The summed E-state index contributed by atoms with van der Waals surface area (Å²) in [6, 6.07) is 0. The van der Waals surface area contributed by atoms with Gasteiger partial charge in [0.25, 0.3) is 0 Å². The van der Waals surface area contributed by atoms with Gasteiger partial charge in [-0.3, -0.25) is 5.84 Å². The van der Waals surface area contributed by atoms with E-state index >= 15 is 0 Å². The highest BCUT2D eigenvalue weighted by Crippen LogP contribution is 1.79. The first kappa shape index (κ1) is 6.64. The molecule has 0 bridgehead atoms. The van der Waals surface area contributed by atoms with Crippen molar-refractivity contribution in [1.82, 2.24) is 4.92 Å². The van der Waals surface area contributed by atoms with Crippen LogP contribution in [-0.2, 0) is 0 Å². The highest BCUT2D eigenvalue weighted by Gasteiger charge is 1.88. The van der Waals surface area contributed by atoms with Crippen LogP contribution in [0.2, 0.25) is 0 Å². The maximum atomic E-state index is 5.09. The van der Waals surface area contributed by atoms with Crippen molar-refractivity contribution in [2.24, 2.45) is 16.8 Å². The van der Waals surface area contributed by atoms with E-state index in [2.05, 4.69) is 17.7 Å². The highest BCUT2D eigenvalue weighted by molar-refractivity contribution is 7.96. The molecule has 40 valence electrons. The molecule has 0 radical (unpaired) electrons. The number of hydrogen-bond acceptors (Lipinski definition) is 3. The van der Waals surface area contributed by atoms with Crippen LogP contribution in [0.25, 0.3) is 0 Å². The van der Waals surface area contributed by atoms with Crippen LogP contribution in [0.4, 0.5) is 0 Å². The summed E-state index contributed by atoms with van der Waals surface area (Å²) in [5, 5.41) is 3.48. The molecule has 4 N–H and O–H groups in total. The SMILES string of the molecule is BN(N)/C(S)=N\N. The number of hydrogen-bond donors (Lipinski definition) is 3. The number of amidine groups is 1. The highest BCUT2D eigenvalue weighted by atomic mass is 32.1. The molecule has 0 saturated carbocycles. The summed E-state index contributed by atoms with van der Waals surface area (Å²) in [7, 11) is 1.60. The number of hydrazone groups is 1. The topological polar surface area (TPSA) is 67.6 Å². The van der Waals surface area contributed by atoms with Crippen LogP contribution < -0.4 is 11.7 Å². The summed E-state index contributed by atoms with van der Waals surface area (Å²) >= 11 is 3.75. The van der Waals surface area contributed by atoms with Crippen molar-refractivity contribution >= 4 is 25.8 Å². The molecule has 4 nitrogen and oxygen atoms in total. The molecule has 7 heavy (non-hydrogen) atoms. The second-order valence-corrected chi connectivity index (χ2v) is 1.44. The third kappa shape index (κ3) is 2.35. The van der Waals surface area contributed by atoms with E-state index in [-0.39, 0.29) is 0 Å². The lowest BCUT2D eigenvalue weighted by molar-refractivity contribution is 0.720. The molecule has 0 fully saturated rings. The van der Waals surface area contributed by atoms with Gasteiger partial charge in [-0.1, -0.05) is 0 Å². The van der Waals surface area contributed by atoms with E-state index < -0.39 is 0 Å². The Morgan fingerprint density at radius 1 is 1.86 bits per heavy atom. The minimum atomic E-state index is 0.306. The Labute approximate surface area is 48.3 Å². The Hall–Kier alpha value is -0.355. The summed E-state index contributed by atoms with van der Waals surface area (Å²) < 4.78 is 0. The molecule has 0 aliphatic heterocycles. The third-order valence-corrected chi connectivity index (χ3v) is 0.862. The van der Waals surface area contributed by atoms with Crippen LogP contribution in [0.1, 0.15) is 0 Å². The van der Waals surface area contributed by atoms with Gasteiger partial charge < -0.3 is 10.8 Å². The van der Waals surface area contributed by atoms with E-state index in [0.29, 0.717) is 5.17 Å². The number of nitrogens with two attached hydrogens (primary N) is 2. The summed E-state index contributed by atoms with van der Waals surface area (Å²) in [4.78, 5) is 1.21. The molecular weight excluding hydrogens is 111 g/mol. The fourth-order valence-electron chi connectivity index (χ4n) is 0.0911. The van der Waals surface area contributed by atoms with E-state index in [4.69, 9.17) is 11.7 Å². The van der Waals surface area contributed by atoms with Crippen LogP contribution >= 0.6 is 12.6 Å². The molecule has 0 aromatic carbocycles. The standard InChI is InChI=1S/CH7BN4S/c2-6(4)1(7)5-3/h2-4H2,(H,5,7). The molecule has 0 heterocycles. The first-order valence-corrected chi connectivity index (χ1v) is 2.08. The van der Waals surface area contributed by atoms with E-state index in [9.17, 15) is 0 Å². The molecule has 6 heteroatoms. The predicted molar refractivity (Wildman–Crippen MR) is 35.2 cm³/mol. The Balaban J connectivity index is 3.56. The largest absolute Gasteiger partial charge is 0.343 e. The van der Waals surface area contributed by atoms with Crippen molar-refractivity contribution in [3.05, 3.63) is 0 Å². The average Bonchev–Trinajstić information content (AvgIpc) is 1.65. The second-order valence-electron chi connectivity index (χ2n) is 1.04. The van der Waals surface area contributed by atoms with Crippen LogP contribution in [0.3, 0.4) is 0 Å². The van der Waals surface area contributed by atoms with Crippen LogP contribution in [-0.4, -0.2) is 18.1 Å². The van der Waals surface area contributed by atoms with Crippen molar-refractivity contribution in [2.75, 3.05) is 0 Å². The summed E-state index contributed by atoms with van der Waals surface area (Å²) in [5.41, 5.74) is 0. The molecule has 0 aliphatic carbocycles. The van der Waals surface area contributed by atoms with Crippen molar-refractivity contribution in [2.45, 2.75) is 0 Å². The minimum absolute atomic E-state index is 0.306. The lowest BCUT2D eigenvalue weighted by Crippen LogP contribution is -2.31. The van der Waals surface area contributed by atoms with E-state index in [1.54, 1.807) is 7.98 Å². The third-order valence-electron chi connectivity index (χ3n) is 0.431. The number of hydrazine groups is 1. The quantitative estimate of drug-likeness (QED) is 0.0849. The molecule has 0 atom stereocenters. The Morgan fingerprint density at radius 3 is 2.29 bits per heavy atom. The van der Waals surface area contributed by atoms with Gasteiger partial charge in [-0.05, 0) is 0 Å². The van der Waals surface area contributed by atoms with Gasteiger partial charge in [-0.15, -0.1) is 12.6 Å². The normalized spacial score (nSPS) is 11.4. The van der Waals surface area contributed by atoms with Gasteiger partial charge in [0.05, 0.1) is 0 Å². The molecule has 0 spiro atoms. The van der Waals surface area contributed by atoms with Gasteiger partial charge >= 0.3 is 0 Å². The molecule has 0 aliphatic rings. The van der Waals surface area contributed by atoms with Crippen molar-refractivity contribution in [3.8, 4) is 0 Å². The summed E-state index contributed by atoms with van der Waals surface area (Å²) in [6.45, 7) is 0. The molecule has 0 aromatic heterocycles. The van der Waals surface area contributed by atoms with Crippen LogP contribution in [0.15, 0.2) is 5.10 Å². The monoisotopic (exact) mass is 118 g/mol. The molecule has 0 unspecified atom stereocenters. The van der Waals surface area contributed by atoms with Gasteiger partial charge in [-0.2, -0.15) is 5.10 Å². The Kier molecular flexibility index (Phi) is 2.62. The maximum absolute atomic E-state index is 5.09. The predicted octanol–water partition coefficient (Wildman–Crippen LogP) is -2.13. The van der Waals surface area contributed by atoms with Gasteiger partial charge in [-0.25, -0.2) is 0 Å². The zero-order chi connectivity index (χ0) is 5.86. The van der Waals surface area contributed by atoms with Crippen LogP contribution in [0.5, 0.6) is 0 Å². The fraction of sp³-hybridized carbons (Fsp3) is 0. The van der Waals surface area contributed by atoms with Crippen LogP contribution in [0, 0.1) is 0 Å². The van der Waals surface area contributed by atoms with E-state index in [1.807, 2.05) is 0 Å². The fourth-order valence-corrected chi connectivity index (χ4v) is 0.0911. The lowest BCUT2D eigenvalue weighted by Gasteiger charge is -2.06. The van der Waals surface area contributed by atoms with Crippen molar-refractivity contribution < 1.29 is 0 Å². The minimum Gasteiger partial charge on any atom is -0.343 e. The Bertz CT molecular complexity index is 79.8. The number of rotatable bonds is 0. The smallest absolute Gasteiger partial charge is 0.241 e. The summed E-state index contributed by atoms with van der Waals surface area (Å²) in [6.07, 6.45) is 0. The summed E-state index contributed by atoms with van der Waals surface area (Å²) in [5.74, 6) is 9.86. The first-order chi connectivity index (χ1) is 3.18.